The summed E-state index contributed by atoms with van der Waals surface area (Å²) in [6.07, 6.45) is 0.512. The Morgan fingerprint density at radius 2 is 1.67 bits per heavy atom. The molecule has 5 rings (SSSR count). The number of hydrogen-bond donors (Lipinski definition) is 1. The van der Waals surface area contributed by atoms with Gasteiger partial charge in [-0.05, 0) is 41.8 Å². The van der Waals surface area contributed by atoms with E-state index in [1.54, 1.807) is 28.0 Å². The Morgan fingerprint density at radius 1 is 0.909 bits per heavy atom. The molecule has 33 heavy (non-hydrogen) atoms. The van der Waals surface area contributed by atoms with Crippen LogP contribution in [0.25, 0.3) is 10.8 Å². The number of anilines is 1. The fourth-order valence-corrected chi connectivity index (χ4v) is 4.76. The van der Waals surface area contributed by atoms with Crippen LogP contribution in [-0.2, 0) is 9.59 Å². The molecule has 7 heteroatoms. The summed E-state index contributed by atoms with van der Waals surface area (Å²) < 4.78 is 5.69. The molecule has 0 aliphatic carbocycles. The van der Waals surface area contributed by atoms with E-state index in [-0.39, 0.29) is 24.3 Å². The molecule has 1 saturated heterocycles. The molecule has 2 N–H and O–H groups in total. The van der Waals surface area contributed by atoms with Crippen LogP contribution in [0.4, 0.5) is 5.69 Å². The van der Waals surface area contributed by atoms with E-state index in [1.807, 2.05) is 48.5 Å². The minimum absolute atomic E-state index is 0.0679. The number of rotatable bonds is 3. The summed E-state index contributed by atoms with van der Waals surface area (Å²) in [6.45, 7) is 1.01. The van der Waals surface area contributed by atoms with Crippen LogP contribution in [0.15, 0.2) is 66.7 Å². The van der Waals surface area contributed by atoms with Gasteiger partial charge in [-0.15, -0.1) is 0 Å². The topological polar surface area (TPSA) is 92.9 Å². The number of piperidine rings is 1. The van der Waals surface area contributed by atoms with Crippen LogP contribution in [0.3, 0.4) is 0 Å². The summed E-state index contributed by atoms with van der Waals surface area (Å²) >= 11 is 0. The molecule has 0 bridgehead atoms. The fraction of sp³-hybridized carbons (Fsp3) is 0.269. The Hall–Kier alpha value is -3.87. The number of likely N-dealkylation sites (tertiary alicyclic amines) is 1. The third-order valence-corrected chi connectivity index (χ3v) is 6.43. The maximum atomic E-state index is 13.6. The molecule has 2 aliphatic heterocycles. The van der Waals surface area contributed by atoms with Crippen LogP contribution >= 0.6 is 0 Å². The summed E-state index contributed by atoms with van der Waals surface area (Å²) in [4.78, 5) is 42.2. The van der Waals surface area contributed by atoms with Crippen molar-refractivity contribution in [3.8, 4) is 5.75 Å². The summed E-state index contributed by atoms with van der Waals surface area (Å²) in [6, 6.07) is 20.7. The number of hydrogen-bond acceptors (Lipinski definition) is 4. The van der Waals surface area contributed by atoms with E-state index >= 15 is 0 Å². The number of carbonyl (C=O) groups is 3. The highest BCUT2D eigenvalue weighted by molar-refractivity contribution is 6.07. The maximum absolute atomic E-state index is 13.6. The molecule has 0 aromatic heterocycles. The average Bonchev–Trinajstić information content (AvgIpc) is 2.86. The lowest BCUT2D eigenvalue weighted by molar-refractivity contribution is -0.126. The predicted molar refractivity (Wildman–Crippen MR) is 125 cm³/mol. The number of ether oxygens (including phenoxy) is 1. The molecule has 3 aromatic rings. The first kappa shape index (κ1) is 21.0. The number of nitrogens with two attached hydrogens (primary N) is 1. The van der Waals surface area contributed by atoms with Crippen LogP contribution in [0.5, 0.6) is 5.75 Å². The first-order chi connectivity index (χ1) is 16.0. The maximum Gasteiger partial charge on any atom is 0.260 e. The van der Waals surface area contributed by atoms with Crippen molar-refractivity contribution < 1.29 is 19.1 Å². The molecular formula is C26H25N3O4. The van der Waals surface area contributed by atoms with Crippen LogP contribution in [0, 0.1) is 5.92 Å². The fourth-order valence-electron chi connectivity index (χ4n) is 4.76. The number of amides is 3. The average molecular weight is 444 g/mol. The van der Waals surface area contributed by atoms with Crippen molar-refractivity contribution in [2.24, 2.45) is 11.7 Å². The van der Waals surface area contributed by atoms with Gasteiger partial charge in [0.05, 0.1) is 18.2 Å². The minimum atomic E-state index is -0.902. The number of benzene rings is 3. The molecule has 3 amide bonds. The van der Waals surface area contributed by atoms with Gasteiger partial charge in [0.15, 0.2) is 6.10 Å². The second-order valence-corrected chi connectivity index (χ2v) is 8.54. The Labute approximate surface area is 191 Å². The zero-order chi connectivity index (χ0) is 22.9. The molecular weight excluding hydrogens is 418 g/mol. The van der Waals surface area contributed by atoms with Gasteiger partial charge in [0, 0.05) is 18.7 Å². The highest BCUT2D eigenvalue weighted by Gasteiger charge is 2.37. The Balaban J connectivity index is 1.39. The minimum Gasteiger partial charge on any atom is -0.477 e. The van der Waals surface area contributed by atoms with Crippen molar-refractivity contribution in [2.45, 2.75) is 18.9 Å². The van der Waals surface area contributed by atoms with Gasteiger partial charge in [-0.1, -0.05) is 48.5 Å². The van der Waals surface area contributed by atoms with Gasteiger partial charge in [0.25, 0.3) is 11.8 Å². The SMILES string of the molecule is NC(=O)[C@@H]1CN(C(=O)[C@@H]2CCCN(C(=O)c3cccc4ccccc34)C2)c2ccccc2O1. The predicted octanol–water partition coefficient (Wildman–Crippen LogP) is 2.97. The molecule has 0 spiro atoms. The Morgan fingerprint density at radius 3 is 2.52 bits per heavy atom. The second kappa shape index (κ2) is 8.58. The van der Waals surface area contributed by atoms with Gasteiger partial charge < -0.3 is 20.3 Å². The largest absolute Gasteiger partial charge is 0.477 e. The quantitative estimate of drug-likeness (QED) is 0.674. The van der Waals surface area contributed by atoms with Gasteiger partial charge in [-0.3, -0.25) is 14.4 Å². The van der Waals surface area contributed by atoms with Crippen LogP contribution in [0.2, 0.25) is 0 Å². The second-order valence-electron chi connectivity index (χ2n) is 8.54. The third-order valence-electron chi connectivity index (χ3n) is 6.43. The lowest BCUT2D eigenvalue weighted by Crippen LogP contribution is -2.53. The number of nitrogens with zero attached hydrogens (tertiary/aromatic N) is 2. The smallest absolute Gasteiger partial charge is 0.260 e. The van der Waals surface area contributed by atoms with Gasteiger partial charge in [0.2, 0.25) is 5.91 Å². The van der Waals surface area contributed by atoms with Gasteiger partial charge in [-0.2, -0.15) is 0 Å². The van der Waals surface area contributed by atoms with Crippen molar-refractivity contribution >= 4 is 34.2 Å². The zero-order valence-electron chi connectivity index (χ0n) is 18.1. The molecule has 2 aliphatic rings. The first-order valence-corrected chi connectivity index (χ1v) is 11.2. The lowest BCUT2D eigenvalue weighted by Gasteiger charge is -2.38. The standard InChI is InChI=1S/C26H25N3O4/c27-24(30)23-16-29(21-12-3-4-13-22(21)33-23)25(31)18-9-6-14-28(15-18)26(32)20-11-5-8-17-7-1-2-10-19(17)20/h1-5,7-8,10-13,18,23H,6,9,14-16H2,(H2,27,30)/t18-,23+/m1/s1. The molecule has 0 saturated carbocycles. The van der Waals surface area contributed by atoms with Crippen molar-refractivity contribution in [1.29, 1.82) is 0 Å². The molecule has 2 heterocycles. The number of para-hydroxylation sites is 2. The molecule has 0 radical (unpaired) electrons. The first-order valence-electron chi connectivity index (χ1n) is 11.2. The number of primary amides is 1. The highest BCUT2D eigenvalue weighted by Crippen LogP contribution is 2.35. The molecule has 168 valence electrons. The van der Waals surface area contributed by atoms with Crippen molar-refractivity contribution in [3.63, 3.8) is 0 Å². The summed E-state index contributed by atoms with van der Waals surface area (Å²) in [5.74, 6) is -0.703. The number of carbonyl (C=O) groups excluding carboxylic acids is 3. The van der Waals surface area contributed by atoms with Gasteiger partial charge in [-0.25, -0.2) is 0 Å². The van der Waals surface area contributed by atoms with E-state index in [0.29, 0.717) is 36.5 Å². The molecule has 2 atom stereocenters. The summed E-state index contributed by atoms with van der Waals surface area (Å²) in [5, 5.41) is 1.92. The van der Waals surface area contributed by atoms with Crippen LogP contribution < -0.4 is 15.4 Å². The lowest BCUT2D eigenvalue weighted by atomic mass is 9.94. The number of fused-ring (bicyclic) bond motifs is 2. The Kier molecular flexibility index (Phi) is 5.46. The normalized spacial score (nSPS) is 20.1. The van der Waals surface area contributed by atoms with E-state index < -0.39 is 12.0 Å². The molecule has 3 aromatic carbocycles. The third kappa shape index (κ3) is 3.91. The van der Waals surface area contributed by atoms with Crippen molar-refractivity contribution in [2.75, 3.05) is 24.5 Å². The molecule has 1 fully saturated rings. The molecule has 0 unspecified atom stereocenters. The van der Waals surface area contributed by atoms with E-state index in [9.17, 15) is 14.4 Å². The van der Waals surface area contributed by atoms with Crippen LogP contribution in [0.1, 0.15) is 23.2 Å². The van der Waals surface area contributed by atoms with Crippen molar-refractivity contribution in [1.82, 2.24) is 4.90 Å². The summed E-state index contributed by atoms with van der Waals surface area (Å²) in [5.41, 5.74) is 6.75. The van der Waals surface area contributed by atoms with Crippen LogP contribution in [-0.4, -0.2) is 48.4 Å². The summed E-state index contributed by atoms with van der Waals surface area (Å²) in [7, 11) is 0. The van der Waals surface area contributed by atoms with Crippen molar-refractivity contribution in [3.05, 3.63) is 72.3 Å². The highest BCUT2D eigenvalue weighted by atomic mass is 16.5. The van der Waals surface area contributed by atoms with E-state index in [4.69, 9.17) is 10.5 Å². The Bertz CT molecular complexity index is 1240. The zero-order valence-corrected chi connectivity index (χ0v) is 18.1. The monoisotopic (exact) mass is 443 g/mol. The van der Waals surface area contributed by atoms with E-state index in [2.05, 4.69) is 0 Å². The van der Waals surface area contributed by atoms with E-state index in [1.165, 1.54) is 0 Å². The molecule has 7 nitrogen and oxygen atoms in total. The van der Waals surface area contributed by atoms with Gasteiger partial charge in [0.1, 0.15) is 5.75 Å². The van der Waals surface area contributed by atoms with Gasteiger partial charge >= 0.3 is 0 Å². The van der Waals surface area contributed by atoms with E-state index in [0.717, 1.165) is 17.2 Å².